The van der Waals surface area contributed by atoms with Gasteiger partial charge in [0.15, 0.2) is 0 Å². The molecule has 0 aliphatic heterocycles. The lowest BCUT2D eigenvalue weighted by Gasteiger charge is -2.14. The number of halogens is 1. The third-order valence-corrected chi connectivity index (χ3v) is 3.52. The minimum Gasteiger partial charge on any atom is -0.490 e. The molecule has 98 valence electrons. The molecule has 3 nitrogen and oxygen atoms in total. The number of nitrogens with two attached hydrogens (primary N) is 1. The predicted octanol–water partition coefficient (Wildman–Crippen LogP) is 3.32. The summed E-state index contributed by atoms with van der Waals surface area (Å²) in [6.07, 6.45) is 6.04. The van der Waals surface area contributed by atoms with Crippen LogP contribution in [0.1, 0.15) is 30.0 Å². The van der Waals surface area contributed by atoms with Crippen LogP contribution >= 0.6 is 11.6 Å². The van der Waals surface area contributed by atoms with E-state index < -0.39 is 0 Å². The molecular formula is C15H15ClN2O. The van der Waals surface area contributed by atoms with Gasteiger partial charge in [-0.25, -0.2) is 0 Å². The van der Waals surface area contributed by atoms with Gasteiger partial charge in [0.2, 0.25) is 0 Å². The summed E-state index contributed by atoms with van der Waals surface area (Å²) < 4.78 is 5.71. The van der Waals surface area contributed by atoms with E-state index in [4.69, 9.17) is 22.1 Å². The second kappa shape index (κ2) is 5.19. The van der Waals surface area contributed by atoms with Crippen molar-refractivity contribution in [3.8, 4) is 5.75 Å². The molecule has 0 amide bonds. The minimum atomic E-state index is -0.245. The Labute approximate surface area is 117 Å². The standard InChI is InChI=1S/C15H15ClN2O/c16-14-9-18-8-7-13(14)15(17)10-1-3-11(4-2-10)19-12-5-6-12/h1-4,7-9,12,15H,5-6,17H2. The minimum absolute atomic E-state index is 0.245. The van der Waals surface area contributed by atoms with Gasteiger partial charge in [-0.05, 0) is 42.2 Å². The molecule has 1 aliphatic rings. The first-order valence-electron chi connectivity index (χ1n) is 6.35. The van der Waals surface area contributed by atoms with E-state index in [1.165, 1.54) is 0 Å². The molecule has 0 bridgehead atoms. The number of nitrogens with zero attached hydrogens (tertiary/aromatic N) is 1. The van der Waals surface area contributed by atoms with E-state index in [0.29, 0.717) is 11.1 Å². The smallest absolute Gasteiger partial charge is 0.119 e. The molecule has 1 aromatic carbocycles. The van der Waals surface area contributed by atoms with Crippen molar-refractivity contribution in [1.29, 1.82) is 0 Å². The Balaban J connectivity index is 1.79. The molecule has 1 atom stereocenters. The van der Waals surface area contributed by atoms with E-state index in [9.17, 15) is 0 Å². The highest BCUT2D eigenvalue weighted by atomic mass is 35.5. The van der Waals surface area contributed by atoms with Crippen molar-refractivity contribution in [1.82, 2.24) is 4.98 Å². The molecule has 1 aromatic heterocycles. The van der Waals surface area contributed by atoms with Crippen molar-refractivity contribution in [3.63, 3.8) is 0 Å². The molecule has 1 heterocycles. The Kier molecular flexibility index (Phi) is 3.40. The van der Waals surface area contributed by atoms with Crippen LogP contribution in [0, 0.1) is 0 Å². The van der Waals surface area contributed by atoms with Gasteiger partial charge in [-0.15, -0.1) is 0 Å². The average molecular weight is 275 g/mol. The van der Waals surface area contributed by atoms with Gasteiger partial charge in [-0.1, -0.05) is 23.7 Å². The maximum absolute atomic E-state index is 6.23. The van der Waals surface area contributed by atoms with Crippen molar-refractivity contribution < 1.29 is 4.74 Å². The van der Waals surface area contributed by atoms with E-state index in [0.717, 1.165) is 29.7 Å². The number of rotatable bonds is 4. The van der Waals surface area contributed by atoms with Crippen LogP contribution < -0.4 is 10.5 Å². The number of hydrogen-bond donors (Lipinski definition) is 1. The molecule has 4 heteroatoms. The van der Waals surface area contributed by atoms with E-state index in [1.807, 2.05) is 30.3 Å². The third-order valence-electron chi connectivity index (χ3n) is 3.21. The molecule has 1 saturated carbocycles. The van der Waals surface area contributed by atoms with Crippen LogP contribution in [0.2, 0.25) is 5.02 Å². The van der Waals surface area contributed by atoms with Gasteiger partial charge >= 0.3 is 0 Å². The molecule has 2 N–H and O–H groups in total. The van der Waals surface area contributed by atoms with E-state index in [-0.39, 0.29) is 6.04 Å². The van der Waals surface area contributed by atoms with E-state index in [1.54, 1.807) is 12.4 Å². The number of aromatic nitrogens is 1. The van der Waals surface area contributed by atoms with Gasteiger partial charge in [0.05, 0.1) is 17.2 Å². The van der Waals surface area contributed by atoms with Crippen LogP contribution in [0.25, 0.3) is 0 Å². The zero-order valence-electron chi connectivity index (χ0n) is 10.4. The molecule has 3 rings (SSSR count). The molecule has 0 spiro atoms. The zero-order valence-corrected chi connectivity index (χ0v) is 11.2. The van der Waals surface area contributed by atoms with Gasteiger partial charge in [-0.3, -0.25) is 4.98 Å². The monoisotopic (exact) mass is 274 g/mol. The molecule has 1 aliphatic carbocycles. The Morgan fingerprint density at radius 2 is 1.95 bits per heavy atom. The normalized spacial score (nSPS) is 16.1. The average Bonchev–Trinajstić information content (AvgIpc) is 3.23. The second-order valence-corrected chi connectivity index (χ2v) is 5.17. The summed E-state index contributed by atoms with van der Waals surface area (Å²) in [4.78, 5) is 3.97. The number of hydrogen-bond acceptors (Lipinski definition) is 3. The molecule has 19 heavy (non-hydrogen) atoms. The molecule has 0 saturated heterocycles. The maximum Gasteiger partial charge on any atom is 0.119 e. The fourth-order valence-electron chi connectivity index (χ4n) is 1.95. The van der Waals surface area contributed by atoms with Crippen molar-refractivity contribution in [3.05, 3.63) is 58.9 Å². The SMILES string of the molecule is NC(c1ccc(OC2CC2)cc1)c1ccncc1Cl. The maximum atomic E-state index is 6.23. The molecular weight excluding hydrogens is 260 g/mol. The zero-order chi connectivity index (χ0) is 13.2. The van der Waals surface area contributed by atoms with E-state index >= 15 is 0 Å². The molecule has 2 aromatic rings. The number of benzene rings is 1. The van der Waals surface area contributed by atoms with Gasteiger partial charge in [0.25, 0.3) is 0 Å². The first kappa shape index (κ1) is 12.5. The summed E-state index contributed by atoms with van der Waals surface area (Å²) in [6.45, 7) is 0. The predicted molar refractivity (Wildman–Crippen MR) is 75.4 cm³/mol. The lowest BCUT2D eigenvalue weighted by atomic mass is 10.0. The van der Waals surface area contributed by atoms with Crippen LogP contribution in [0.5, 0.6) is 5.75 Å². The number of ether oxygens (including phenoxy) is 1. The van der Waals surface area contributed by atoms with Crippen LogP contribution in [0.3, 0.4) is 0 Å². The lowest BCUT2D eigenvalue weighted by Crippen LogP contribution is -2.12. The first-order chi connectivity index (χ1) is 9.24. The highest BCUT2D eigenvalue weighted by molar-refractivity contribution is 6.31. The molecule has 0 radical (unpaired) electrons. The quantitative estimate of drug-likeness (QED) is 0.930. The highest BCUT2D eigenvalue weighted by Crippen LogP contribution is 2.29. The molecule has 1 fully saturated rings. The van der Waals surface area contributed by atoms with Gasteiger partial charge in [-0.2, -0.15) is 0 Å². The Morgan fingerprint density at radius 3 is 2.58 bits per heavy atom. The fraction of sp³-hybridized carbons (Fsp3) is 0.267. The Morgan fingerprint density at radius 1 is 1.21 bits per heavy atom. The van der Waals surface area contributed by atoms with Crippen LogP contribution in [0.4, 0.5) is 0 Å². The van der Waals surface area contributed by atoms with Gasteiger partial charge in [0.1, 0.15) is 5.75 Å². The first-order valence-corrected chi connectivity index (χ1v) is 6.73. The summed E-state index contributed by atoms with van der Waals surface area (Å²) in [5.41, 5.74) is 8.12. The largest absolute Gasteiger partial charge is 0.490 e. The van der Waals surface area contributed by atoms with Crippen molar-refractivity contribution >= 4 is 11.6 Å². The lowest BCUT2D eigenvalue weighted by molar-refractivity contribution is 0.303. The van der Waals surface area contributed by atoms with Gasteiger partial charge < -0.3 is 10.5 Å². The Hall–Kier alpha value is -1.58. The van der Waals surface area contributed by atoms with Crippen LogP contribution in [-0.4, -0.2) is 11.1 Å². The van der Waals surface area contributed by atoms with Gasteiger partial charge in [0, 0.05) is 12.4 Å². The van der Waals surface area contributed by atoms with Crippen molar-refractivity contribution in [2.75, 3.05) is 0 Å². The molecule has 1 unspecified atom stereocenters. The summed E-state index contributed by atoms with van der Waals surface area (Å²) in [5.74, 6) is 0.902. The highest BCUT2D eigenvalue weighted by Gasteiger charge is 2.23. The summed E-state index contributed by atoms with van der Waals surface area (Å²) in [5, 5.41) is 0.591. The van der Waals surface area contributed by atoms with Crippen LogP contribution in [-0.2, 0) is 0 Å². The van der Waals surface area contributed by atoms with E-state index in [2.05, 4.69) is 4.98 Å². The van der Waals surface area contributed by atoms with Crippen molar-refractivity contribution in [2.24, 2.45) is 5.73 Å². The van der Waals surface area contributed by atoms with Crippen molar-refractivity contribution in [2.45, 2.75) is 25.0 Å². The summed E-state index contributed by atoms with van der Waals surface area (Å²) in [6, 6.07) is 9.50. The third kappa shape index (κ3) is 2.88. The number of pyridine rings is 1. The second-order valence-electron chi connectivity index (χ2n) is 4.76. The summed E-state index contributed by atoms with van der Waals surface area (Å²) in [7, 11) is 0. The Bertz CT molecular complexity index is 567. The topological polar surface area (TPSA) is 48.1 Å². The fourth-order valence-corrected chi connectivity index (χ4v) is 2.19. The summed E-state index contributed by atoms with van der Waals surface area (Å²) >= 11 is 6.11. The van der Waals surface area contributed by atoms with Crippen LogP contribution in [0.15, 0.2) is 42.7 Å².